The van der Waals surface area contributed by atoms with Crippen molar-refractivity contribution in [2.45, 2.75) is 32.2 Å². The van der Waals surface area contributed by atoms with Crippen LogP contribution in [0.4, 0.5) is 0 Å². The first-order valence-corrected chi connectivity index (χ1v) is 7.11. The van der Waals surface area contributed by atoms with Crippen LogP contribution in [0.1, 0.15) is 37.0 Å². The standard InChI is InChI=1S/C16H21N3O2/c1-3-16(2,9-10-20)18-15(21)13-11-17-19(12-13)14-7-5-4-6-8-14/h4-8,11-12,20H,3,9-10H2,1-2H3,(H,18,21). The summed E-state index contributed by atoms with van der Waals surface area (Å²) in [7, 11) is 0. The Hall–Kier alpha value is -2.14. The van der Waals surface area contributed by atoms with Crippen molar-refractivity contribution in [3.05, 3.63) is 48.3 Å². The summed E-state index contributed by atoms with van der Waals surface area (Å²) in [6, 6.07) is 9.63. The second-order valence-electron chi connectivity index (χ2n) is 5.35. The van der Waals surface area contributed by atoms with Crippen LogP contribution in [-0.2, 0) is 0 Å². The SMILES string of the molecule is CCC(C)(CCO)NC(=O)c1cnn(-c2ccccc2)c1. The number of hydrogen-bond donors (Lipinski definition) is 2. The molecule has 2 N–H and O–H groups in total. The molecule has 2 rings (SSSR count). The van der Waals surface area contributed by atoms with Crippen molar-refractivity contribution in [2.24, 2.45) is 0 Å². The van der Waals surface area contributed by atoms with Gasteiger partial charge in [-0.05, 0) is 31.9 Å². The second-order valence-corrected chi connectivity index (χ2v) is 5.35. The van der Waals surface area contributed by atoms with Crippen LogP contribution in [0.5, 0.6) is 0 Å². The van der Waals surface area contributed by atoms with Gasteiger partial charge in [0.1, 0.15) is 0 Å². The van der Waals surface area contributed by atoms with Crippen LogP contribution in [0.2, 0.25) is 0 Å². The predicted octanol–water partition coefficient (Wildman–Crippen LogP) is 2.15. The summed E-state index contributed by atoms with van der Waals surface area (Å²) in [5, 5.41) is 16.3. The van der Waals surface area contributed by atoms with E-state index in [1.54, 1.807) is 17.1 Å². The van der Waals surface area contributed by atoms with Gasteiger partial charge >= 0.3 is 0 Å². The van der Waals surface area contributed by atoms with Gasteiger partial charge in [-0.3, -0.25) is 4.79 Å². The van der Waals surface area contributed by atoms with Crippen LogP contribution >= 0.6 is 0 Å². The smallest absolute Gasteiger partial charge is 0.254 e. The lowest BCUT2D eigenvalue weighted by Gasteiger charge is -2.28. The highest BCUT2D eigenvalue weighted by molar-refractivity contribution is 5.94. The van der Waals surface area contributed by atoms with Crippen molar-refractivity contribution in [3.63, 3.8) is 0 Å². The number of benzene rings is 1. The number of rotatable bonds is 6. The van der Waals surface area contributed by atoms with Crippen LogP contribution in [0, 0.1) is 0 Å². The molecule has 21 heavy (non-hydrogen) atoms. The van der Waals surface area contributed by atoms with Gasteiger partial charge in [0.2, 0.25) is 0 Å². The Morgan fingerprint density at radius 2 is 2.10 bits per heavy atom. The number of nitrogens with zero attached hydrogens (tertiary/aromatic N) is 2. The first kappa shape index (κ1) is 15.3. The summed E-state index contributed by atoms with van der Waals surface area (Å²) >= 11 is 0. The lowest BCUT2D eigenvalue weighted by Crippen LogP contribution is -2.46. The third-order valence-electron chi connectivity index (χ3n) is 3.72. The van der Waals surface area contributed by atoms with Crippen molar-refractivity contribution in [1.82, 2.24) is 15.1 Å². The Morgan fingerprint density at radius 3 is 2.71 bits per heavy atom. The molecule has 5 nitrogen and oxygen atoms in total. The fourth-order valence-corrected chi connectivity index (χ4v) is 2.08. The molecule has 0 aliphatic rings. The molecule has 5 heteroatoms. The monoisotopic (exact) mass is 287 g/mol. The van der Waals surface area contributed by atoms with Crippen LogP contribution in [0.15, 0.2) is 42.7 Å². The molecule has 1 amide bonds. The molecular weight excluding hydrogens is 266 g/mol. The summed E-state index contributed by atoms with van der Waals surface area (Å²) < 4.78 is 1.67. The van der Waals surface area contributed by atoms with Crippen LogP contribution in [0.3, 0.4) is 0 Å². The molecule has 0 aliphatic carbocycles. The van der Waals surface area contributed by atoms with Gasteiger partial charge < -0.3 is 10.4 Å². The molecule has 0 aliphatic heterocycles. The molecule has 0 spiro atoms. The van der Waals surface area contributed by atoms with Gasteiger partial charge in [-0.15, -0.1) is 0 Å². The highest BCUT2D eigenvalue weighted by Gasteiger charge is 2.24. The largest absolute Gasteiger partial charge is 0.396 e. The maximum Gasteiger partial charge on any atom is 0.254 e. The molecule has 1 heterocycles. The van der Waals surface area contributed by atoms with E-state index in [9.17, 15) is 4.79 Å². The van der Waals surface area contributed by atoms with Crippen molar-refractivity contribution >= 4 is 5.91 Å². The number of amides is 1. The number of aliphatic hydroxyl groups is 1. The Balaban J connectivity index is 2.12. The Morgan fingerprint density at radius 1 is 1.38 bits per heavy atom. The third kappa shape index (κ3) is 3.70. The lowest BCUT2D eigenvalue weighted by atomic mass is 9.94. The second kappa shape index (κ2) is 6.54. The van der Waals surface area contributed by atoms with E-state index in [0.29, 0.717) is 12.0 Å². The van der Waals surface area contributed by atoms with Crippen molar-refractivity contribution in [1.29, 1.82) is 0 Å². The zero-order chi connectivity index (χ0) is 15.3. The van der Waals surface area contributed by atoms with E-state index < -0.39 is 5.54 Å². The number of para-hydroxylation sites is 1. The number of hydrogen-bond acceptors (Lipinski definition) is 3. The maximum atomic E-state index is 12.3. The maximum absolute atomic E-state index is 12.3. The first-order valence-electron chi connectivity index (χ1n) is 7.11. The summed E-state index contributed by atoms with van der Waals surface area (Å²) in [4.78, 5) is 12.3. The first-order chi connectivity index (χ1) is 10.1. The molecule has 1 atom stereocenters. The van der Waals surface area contributed by atoms with Gasteiger partial charge in [-0.1, -0.05) is 25.1 Å². The Labute approximate surface area is 124 Å². The zero-order valence-corrected chi connectivity index (χ0v) is 12.4. The Bertz CT molecular complexity index is 595. The topological polar surface area (TPSA) is 67.2 Å². The van der Waals surface area contributed by atoms with Crippen molar-refractivity contribution in [3.8, 4) is 5.69 Å². The number of aliphatic hydroxyl groups excluding tert-OH is 1. The molecule has 0 radical (unpaired) electrons. The molecular formula is C16H21N3O2. The summed E-state index contributed by atoms with van der Waals surface area (Å²) in [6.45, 7) is 3.97. The molecule has 112 valence electrons. The van der Waals surface area contributed by atoms with Gasteiger partial charge in [0.15, 0.2) is 0 Å². The zero-order valence-electron chi connectivity index (χ0n) is 12.4. The number of nitrogens with one attached hydrogen (secondary N) is 1. The van der Waals surface area contributed by atoms with Gasteiger partial charge in [0.05, 0.1) is 17.4 Å². The summed E-state index contributed by atoms with van der Waals surface area (Å²) in [5.41, 5.74) is 1.02. The van der Waals surface area contributed by atoms with E-state index >= 15 is 0 Å². The van der Waals surface area contributed by atoms with E-state index in [1.165, 1.54) is 0 Å². The number of carbonyl (C=O) groups is 1. The van der Waals surface area contributed by atoms with E-state index in [2.05, 4.69) is 10.4 Å². The van der Waals surface area contributed by atoms with E-state index in [-0.39, 0.29) is 12.5 Å². The molecule has 0 saturated carbocycles. The quantitative estimate of drug-likeness (QED) is 0.855. The van der Waals surface area contributed by atoms with Gasteiger partial charge in [-0.2, -0.15) is 5.10 Å². The predicted molar refractivity (Wildman–Crippen MR) is 81.4 cm³/mol. The summed E-state index contributed by atoms with van der Waals surface area (Å²) in [6.07, 6.45) is 4.55. The van der Waals surface area contributed by atoms with Crippen LogP contribution in [-0.4, -0.2) is 32.9 Å². The minimum absolute atomic E-state index is 0.0495. The minimum atomic E-state index is -0.402. The molecule has 1 unspecified atom stereocenters. The third-order valence-corrected chi connectivity index (χ3v) is 3.72. The molecule has 0 bridgehead atoms. The van der Waals surface area contributed by atoms with Crippen LogP contribution in [0.25, 0.3) is 5.69 Å². The van der Waals surface area contributed by atoms with Crippen LogP contribution < -0.4 is 5.32 Å². The molecule has 0 saturated heterocycles. The molecule has 1 aromatic carbocycles. The average molecular weight is 287 g/mol. The van der Waals surface area contributed by atoms with E-state index in [4.69, 9.17) is 5.11 Å². The van der Waals surface area contributed by atoms with Gasteiger partial charge in [-0.25, -0.2) is 4.68 Å². The van der Waals surface area contributed by atoms with Gasteiger partial charge in [0, 0.05) is 18.3 Å². The normalized spacial score (nSPS) is 13.7. The highest BCUT2D eigenvalue weighted by atomic mass is 16.3. The Kier molecular flexibility index (Phi) is 4.75. The summed E-state index contributed by atoms with van der Waals surface area (Å²) in [5.74, 6) is -0.171. The fraction of sp³-hybridized carbons (Fsp3) is 0.375. The number of aromatic nitrogens is 2. The highest BCUT2D eigenvalue weighted by Crippen LogP contribution is 2.15. The lowest BCUT2D eigenvalue weighted by molar-refractivity contribution is 0.0886. The van der Waals surface area contributed by atoms with Crippen molar-refractivity contribution < 1.29 is 9.90 Å². The average Bonchev–Trinajstić information content (AvgIpc) is 2.98. The molecule has 0 fully saturated rings. The van der Waals surface area contributed by atoms with Gasteiger partial charge in [0.25, 0.3) is 5.91 Å². The number of carbonyl (C=O) groups excluding carboxylic acids is 1. The van der Waals surface area contributed by atoms with Crippen molar-refractivity contribution in [2.75, 3.05) is 6.61 Å². The molecule has 1 aromatic heterocycles. The fourth-order valence-electron chi connectivity index (χ4n) is 2.08. The van der Waals surface area contributed by atoms with E-state index in [0.717, 1.165) is 12.1 Å². The molecule has 2 aromatic rings. The van der Waals surface area contributed by atoms with E-state index in [1.807, 2.05) is 44.2 Å². The minimum Gasteiger partial charge on any atom is -0.396 e.